The summed E-state index contributed by atoms with van der Waals surface area (Å²) in [7, 11) is 0. The summed E-state index contributed by atoms with van der Waals surface area (Å²) in [5.74, 6) is -1.82. The SMILES string of the molecule is CC(C)(C)OC(=O)N1CCCC(N(CC(=O)O)C(=O)c2ccc(-c3ccc(Nc4nc5ccc(F)cc5s4)cc3)cc2)C1. The first kappa shape index (κ1) is 30.0. The van der Waals surface area contributed by atoms with Gasteiger partial charge in [-0.2, -0.15) is 0 Å². The van der Waals surface area contributed by atoms with Crippen molar-refractivity contribution in [1.29, 1.82) is 0 Å². The number of benzene rings is 3. The fourth-order valence-electron chi connectivity index (χ4n) is 5.01. The largest absolute Gasteiger partial charge is 0.480 e. The molecule has 43 heavy (non-hydrogen) atoms. The van der Waals surface area contributed by atoms with Gasteiger partial charge >= 0.3 is 12.1 Å². The van der Waals surface area contributed by atoms with Crippen LogP contribution in [0.5, 0.6) is 0 Å². The minimum atomic E-state index is -1.12. The van der Waals surface area contributed by atoms with E-state index in [4.69, 9.17) is 4.74 Å². The minimum Gasteiger partial charge on any atom is -0.480 e. The number of amides is 2. The Bertz CT molecular complexity index is 1630. The number of piperidine rings is 1. The Morgan fingerprint density at radius 2 is 1.74 bits per heavy atom. The van der Waals surface area contributed by atoms with E-state index < -0.39 is 36.2 Å². The number of thiazole rings is 1. The van der Waals surface area contributed by atoms with Gasteiger partial charge in [0.1, 0.15) is 18.0 Å². The molecule has 1 saturated heterocycles. The van der Waals surface area contributed by atoms with E-state index in [9.17, 15) is 23.9 Å². The number of fused-ring (bicyclic) bond motifs is 1. The molecular weight excluding hydrogens is 571 g/mol. The third-order valence-electron chi connectivity index (χ3n) is 7.01. The number of ether oxygens (including phenoxy) is 1. The van der Waals surface area contributed by atoms with Crippen LogP contribution in [0.4, 0.5) is 20.0 Å². The van der Waals surface area contributed by atoms with E-state index in [0.29, 0.717) is 30.1 Å². The molecular formula is C32H33FN4O5S. The van der Waals surface area contributed by atoms with Crippen LogP contribution < -0.4 is 5.32 Å². The molecule has 4 aromatic rings. The topological polar surface area (TPSA) is 112 Å². The molecule has 1 unspecified atom stereocenters. The lowest BCUT2D eigenvalue weighted by Gasteiger charge is -2.39. The van der Waals surface area contributed by atoms with Crippen LogP contribution >= 0.6 is 11.3 Å². The molecule has 9 nitrogen and oxygen atoms in total. The average Bonchev–Trinajstić information content (AvgIpc) is 3.36. The first-order valence-corrected chi connectivity index (χ1v) is 14.8. The molecule has 0 saturated carbocycles. The maximum absolute atomic E-state index is 13.5. The molecule has 224 valence electrons. The Labute approximate surface area is 252 Å². The Morgan fingerprint density at radius 3 is 2.40 bits per heavy atom. The molecule has 0 radical (unpaired) electrons. The van der Waals surface area contributed by atoms with Gasteiger partial charge in [0, 0.05) is 24.3 Å². The second-order valence-corrected chi connectivity index (χ2v) is 12.5. The van der Waals surface area contributed by atoms with Crippen LogP contribution in [0.25, 0.3) is 21.3 Å². The molecule has 2 heterocycles. The predicted molar refractivity (Wildman–Crippen MR) is 164 cm³/mol. The van der Waals surface area contributed by atoms with Gasteiger partial charge in [0.25, 0.3) is 5.91 Å². The molecule has 0 bridgehead atoms. The third-order valence-corrected chi connectivity index (χ3v) is 7.94. The summed E-state index contributed by atoms with van der Waals surface area (Å²) < 4.78 is 19.8. The lowest BCUT2D eigenvalue weighted by Crippen LogP contribution is -2.53. The molecule has 1 fully saturated rings. The summed E-state index contributed by atoms with van der Waals surface area (Å²) in [6.07, 6.45) is 0.750. The summed E-state index contributed by atoms with van der Waals surface area (Å²) in [4.78, 5) is 45.2. The molecule has 1 aromatic heterocycles. The van der Waals surface area contributed by atoms with Crippen LogP contribution in [0.3, 0.4) is 0 Å². The Hall–Kier alpha value is -4.51. The molecule has 1 atom stereocenters. The first-order chi connectivity index (χ1) is 20.4. The summed E-state index contributed by atoms with van der Waals surface area (Å²) in [6, 6.07) is 18.8. The summed E-state index contributed by atoms with van der Waals surface area (Å²) >= 11 is 1.37. The number of likely N-dealkylation sites (tertiary alicyclic amines) is 1. The number of carboxylic acid groups (broad SMARTS) is 1. The highest BCUT2D eigenvalue weighted by molar-refractivity contribution is 7.22. The van der Waals surface area contributed by atoms with Crippen molar-refractivity contribution in [3.8, 4) is 11.1 Å². The van der Waals surface area contributed by atoms with Crippen molar-refractivity contribution < 1.29 is 28.6 Å². The monoisotopic (exact) mass is 604 g/mol. The smallest absolute Gasteiger partial charge is 0.410 e. The molecule has 0 aliphatic carbocycles. The van der Waals surface area contributed by atoms with E-state index in [0.717, 1.165) is 27.0 Å². The number of hydrogen-bond donors (Lipinski definition) is 2. The lowest BCUT2D eigenvalue weighted by atomic mass is 10.0. The van der Waals surface area contributed by atoms with E-state index >= 15 is 0 Å². The zero-order valence-corrected chi connectivity index (χ0v) is 25.0. The molecule has 1 aliphatic heterocycles. The first-order valence-electron chi connectivity index (χ1n) is 14.0. The van der Waals surface area contributed by atoms with Crippen molar-refractivity contribution in [2.24, 2.45) is 0 Å². The zero-order valence-electron chi connectivity index (χ0n) is 24.2. The van der Waals surface area contributed by atoms with Gasteiger partial charge in [-0.25, -0.2) is 14.2 Å². The lowest BCUT2D eigenvalue weighted by molar-refractivity contribution is -0.138. The highest BCUT2D eigenvalue weighted by atomic mass is 32.1. The maximum Gasteiger partial charge on any atom is 0.410 e. The van der Waals surface area contributed by atoms with E-state index in [2.05, 4.69) is 10.3 Å². The number of nitrogens with zero attached hydrogens (tertiary/aromatic N) is 3. The molecule has 1 aliphatic rings. The molecule has 11 heteroatoms. The van der Waals surface area contributed by atoms with E-state index in [1.807, 2.05) is 36.4 Å². The van der Waals surface area contributed by atoms with Crippen molar-refractivity contribution in [1.82, 2.24) is 14.8 Å². The number of rotatable bonds is 7. The Balaban J connectivity index is 1.26. The van der Waals surface area contributed by atoms with Gasteiger partial charge in [-0.05, 0) is 87.2 Å². The number of carbonyl (C=O) groups is 3. The van der Waals surface area contributed by atoms with E-state index in [-0.39, 0.29) is 12.4 Å². The van der Waals surface area contributed by atoms with Crippen LogP contribution in [-0.4, -0.2) is 69.1 Å². The van der Waals surface area contributed by atoms with Crippen LogP contribution in [0.1, 0.15) is 44.0 Å². The summed E-state index contributed by atoms with van der Waals surface area (Å²) in [6.45, 7) is 5.59. The number of carboxylic acids is 1. The van der Waals surface area contributed by atoms with Gasteiger partial charge in [-0.1, -0.05) is 35.6 Å². The van der Waals surface area contributed by atoms with Crippen molar-refractivity contribution in [2.45, 2.75) is 45.3 Å². The second-order valence-electron chi connectivity index (χ2n) is 11.5. The molecule has 0 spiro atoms. The van der Waals surface area contributed by atoms with Gasteiger partial charge in [0.05, 0.1) is 16.3 Å². The van der Waals surface area contributed by atoms with Gasteiger partial charge in [0.2, 0.25) is 0 Å². The van der Waals surface area contributed by atoms with Crippen LogP contribution in [0.2, 0.25) is 0 Å². The number of halogens is 1. The van der Waals surface area contributed by atoms with Gasteiger partial charge in [-0.3, -0.25) is 9.59 Å². The van der Waals surface area contributed by atoms with Gasteiger partial charge in [0.15, 0.2) is 5.13 Å². The minimum absolute atomic E-state index is 0.209. The second kappa shape index (κ2) is 12.4. The van der Waals surface area contributed by atoms with E-state index in [1.54, 1.807) is 43.9 Å². The number of aliphatic carboxylic acids is 1. The maximum atomic E-state index is 13.5. The average molecular weight is 605 g/mol. The fourth-order valence-corrected chi connectivity index (χ4v) is 5.92. The van der Waals surface area contributed by atoms with Crippen LogP contribution in [0.15, 0.2) is 66.7 Å². The molecule has 3 aromatic carbocycles. The predicted octanol–water partition coefficient (Wildman–Crippen LogP) is 6.77. The van der Waals surface area contributed by atoms with Crippen molar-refractivity contribution in [3.05, 3.63) is 78.1 Å². The molecule has 2 amide bonds. The summed E-state index contributed by atoms with van der Waals surface area (Å²) in [5.41, 5.74) is 3.08. The third kappa shape index (κ3) is 7.47. The molecule has 2 N–H and O–H groups in total. The standard InChI is InChI=1S/C32H33FN4O5S/c1-32(2,3)42-31(41)36-16-4-5-25(18-36)37(19-28(38)39)29(40)22-8-6-20(7-9-22)21-10-13-24(14-11-21)34-30-35-26-15-12-23(33)17-27(26)43-30/h6-15,17,25H,4-5,16,18-19H2,1-3H3,(H,34,35)(H,38,39). The number of anilines is 2. The fraction of sp³-hybridized carbons (Fsp3) is 0.312. The van der Waals surface area contributed by atoms with E-state index in [1.165, 1.54) is 28.4 Å². The number of hydrogen-bond acceptors (Lipinski definition) is 7. The molecule has 5 rings (SSSR count). The summed E-state index contributed by atoms with van der Waals surface area (Å²) in [5, 5.41) is 13.5. The highest BCUT2D eigenvalue weighted by Gasteiger charge is 2.34. The Morgan fingerprint density at radius 1 is 1.07 bits per heavy atom. The van der Waals surface area contributed by atoms with Crippen molar-refractivity contribution in [3.63, 3.8) is 0 Å². The van der Waals surface area contributed by atoms with Crippen molar-refractivity contribution >= 4 is 50.3 Å². The van der Waals surface area contributed by atoms with Crippen LogP contribution in [0, 0.1) is 5.82 Å². The normalized spacial score (nSPS) is 15.3. The van der Waals surface area contributed by atoms with Gasteiger partial charge in [-0.15, -0.1) is 0 Å². The zero-order chi connectivity index (χ0) is 30.7. The van der Waals surface area contributed by atoms with Crippen LogP contribution in [-0.2, 0) is 9.53 Å². The quantitative estimate of drug-likeness (QED) is 0.239. The van der Waals surface area contributed by atoms with Gasteiger partial charge < -0.3 is 25.0 Å². The highest BCUT2D eigenvalue weighted by Crippen LogP contribution is 2.30. The van der Waals surface area contributed by atoms with Crippen molar-refractivity contribution in [2.75, 3.05) is 25.0 Å². The number of aromatic nitrogens is 1. The number of nitrogens with one attached hydrogen (secondary N) is 1. The Kier molecular flexibility index (Phi) is 8.63. The number of carbonyl (C=O) groups excluding carboxylic acids is 2.